The van der Waals surface area contributed by atoms with Crippen LogP contribution in [0.1, 0.15) is 18.0 Å². The maximum atomic E-state index is 10.3. The Kier molecular flexibility index (Phi) is 2.49. The summed E-state index contributed by atoms with van der Waals surface area (Å²) in [5.41, 5.74) is 0.972. The van der Waals surface area contributed by atoms with Crippen LogP contribution in [0.25, 0.3) is 0 Å². The van der Waals surface area contributed by atoms with Crippen molar-refractivity contribution in [2.45, 2.75) is 18.9 Å². The van der Waals surface area contributed by atoms with Crippen LogP contribution in [0, 0.1) is 0 Å². The number of carboxylic acid groups (broad SMARTS) is 1. The van der Waals surface area contributed by atoms with Gasteiger partial charge in [0.15, 0.2) is 0 Å². The highest BCUT2D eigenvalue weighted by Gasteiger charge is 2.20. The van der Waals surface area contributed by atoms with Gasteiger partial charge in [-0.3, -0.25) is 9.48 Å². The van der Waals surface area contributed by atoms with E-state index in [0.29, 0.717) is 25.7 Å². The van der Waals surface area contributed by atoms with E-state index in [0.717, 1.165) is 5.56 Å². The highest BCUT2D eigenvalue weighted by atomic mass is 16.5. The molecule has 76 valence electrons. The summed E-state index contributed by atoms with van der Waals surface area (Å²) in [6.45, 7) is 1.42. The molecule has 1 aromatic rings. The number of rotatable bonds is 4. The van der Waals surface area contributed by atoms with Gasteiger partial charge in [0.2, 0.25) is 0 Å². The maximum Gasteiger partial charge on any atom is 0.303 e. The molecule has 0 bridgehead atoms. The molecule has 1 aromatic heterocycles. The molecule has 0 aromatic carbocycles. The number of carbonyl (C=O) groups is 1. The molecule has 0 spiro atoms. The van der Waals surface area contributed by atoms with Gasteiger partial charge in [-0.1, -0.05) is 0 Å². The lowest BCUT2D eigenvalue weighted by Gasteiger charge is -2.25. The summed E-state index contributed by atoms with van der Waals surface area (Å²) in [6, 6.07) is 0.341. The fourth-order valence-corrected chi connectivity index (χ4v) is 1.33. The molecule has 5 nitrogen and oxygen atoms in total. The van der Waals surface area contributed by atoms with Crippen LogP contribution in [0.15, 0.2) is 12.4 Å². The van der Waals surface area contributed by atoms with Crippen LogP contribution in [0.4, 0.5) is 0 Å². The molecule has 1 aliphatic heterocycles. The molecular weight excluding hydrogens is 184 g/mol. The first kappa shape index (κ1) is 9.21. The Bertz CT molecular complexity index is 331. The quantitative estimate of drug-likeness (QED) is 0.760. The minimum Gasteiger partial charge on any atom is -0.481 e. The van der Waals surface area contributed by atoms with Crippen LogP contribution < -0.4 is 0 Å². The Morgan fingerprint density at radius 2 is 2.50 bits per heavy atom. The summed E-state index contributed by atoms with van der Waals surface area (Å²) >= 11 is 0. The second-order valence-electron chi connectivity index (χ2n) is 3.41. The van der Waals surface area contributed by atoms with Crippen molar-refractivity contribution in [3.05, 3.63) is 18.0 Å². The van der Waals surface area contributed by atoms with Gasteiger partial charge < -0.3 is 9.84 Å². The third-order valence-corrected chi connectivity index (χ3v) is 2.28. The predicted molar refractivity (Wildman–Crippen MR) is 48.0 cm³/mol. The van der Waals surface area contributed by atoms with Gasteiger partial charge in [-0.05, 0) is 12.0 Å². The van der Waals surface area contributed by atoms with Crippen molar-refractivity contribution < 1.29 is 14.6 Å². The van der Waals surface area contributed by atoms with Crippen molar-refractivity contribution in [3.8, 4) is 0 Å². The fraction of sp³-hybridized carbons (Fsp3) is 0.556. The molecule has 0 amide bonds. The first-order chi connectivity index (χ1) is 6.75. The average molecular weight is 196 g/mol. The minimum atomic E-state index is -0.773. The molecule has 0 unspecified atom stereocenters. The topological polar surface area (TPSA) is 64.3 Å². The van der Waals surface area contributed by atoms with Crippen molar-refractivity contribution >= 4 is 5.97 Å². The van der Waals surface area contributed by atoms with Gasteiger partial charge >= 0.3 is 5.97 Å². The number of ether oxygens (including phenoxy) is 1. The molecule has 1 saturated heterocycles. The van der Waals surface area contributed by atoms with Crippen LogP contribution in [0.5, 0.6) is 0 Å². The zero-order valence-electron chi connectivity index (χ0n) is 7.72. The van der Waals surface area contributed by atoms with Crippen molar-refractivity contribution in [2.75, 3.05) is 13.2 Å². The molecule has 2 heterocycles. The number of aliphatic carboxylic acids is 1. The molecule has 0 aliphatic carbocycles. The summed E-state index contributed by atoms with van der Waals surface area (Å²) < 4.78 is 6.89. The summed E-state index contributed by atoms with van der Waals surface area (Å²) in [6.07, 6.45) is 4.33. The standard InChI is InChI=1S/C9H12N2O3/c12-9(13)2-1-7-3-10-11(4-7)8-5-14-6-8/h3-4,8H,1-2,5-6H2,(H,12,13). The van der Waals surface area contributed by atoms with E-state index < -0.39 is 5.97 Å². The van der Waals surface area contributed by atoms with E-state index in [4.69, 9.17) is 9.84 Å². The van der Waals surface area contributed by atoms with Crippen LogP contribution in [-0.4, -0.2) is 34.1 Å². The fourth-order valence-electron chi connectivity index (χ4n) is 1.33. The van der Waals surface area contributed by atoms with E-state index in [-0.39, 0.29) is 6.42 Å². The largest absolute Gasteiger partial charge is 0.481 e. The summed E-state index contributed by atoms with van der Waals surface area (Å²) in [4.78, 5) is 10.3. The maximum absolute atomic E-state index is 10.3. The van der Waals surface area contributed by atoms with Crippen molar-refractivity contribution in [1.82, 2.24) is 9.78 Å². The molecule has 5 heteroatoms. The van der Waals surface area contributed by atoms with Gasteiger partial charge in [0.05, 0.1) is 25.5 Å². The molecule has 2 rings (SSSR count). The Hall–Kier alpha value is -1.36. The molecule has 0 atom stereocenters. The lowest BCUT2D eigenvalue weighted by Crippen LogP contribution is -2.30. The average Bonchev–Trinajstić information content (AvgIpc) is 2.46. The smallest absolute Gasteiger partial charge is 0.303 e. The third kappa shape index (κ3) is 1.93. The van der Waals surface area contributed by atoms with E-state index in [9.17, 15) is 4.79 Å². The first-order valence-corrected chi connectivity index (χ1v) is 4.58. The zero-order chi connectivity index (χ0) is 9.97. The number of nitrogens with zero attached hydrogens (tertiary/aromatic N) is 2. The zero-order valence-corrected chi connectivity index (χ0v) is 7.72. The number of hydrogen-bond acceptors (Lipinski definition) is 3. The van der Waals surface area contributed by atoms with E-state index in [2.05, 4.69) is 5.10 Å². The molecule has 0 radical (unpaired) electrons. The van der Waals surface area contributed by atoms with Gasteiger partial charge in [0.1, 0.15) is 0 Å². The Labute approximate surface area is 81.3 Å². The van der Waals surface area contributed by atoms with Crippen LogP contribution >= 0.6 is 0 Å². The van der Waals surface area contributed by atoms with Crippen LogP contribution in [0.3, 0.4) is 0 Å². The van der Waals surface area contributed by atoms with E-state index in [1.54, 1.807) is 6.20 Å². The molecule has 14 heavy (non-hydrogen) atoms. The van der Waals surface area contributed by atoms with Crippen molar-refractivity contribution in [3.63, 3.8) is 0 Å². The van der Waals surface area contributed by atoms with E-state index in [1.165, 1.54) is 0 Å². The molecule has 1 fully saturated rings. The highest BCUT2D eigenvalue weighted by Crippen LogP contribution is 2.16. The minimum absolute atomic E-state index is 0.160. The molecule has 1 aliphatic rings. The number of aromatic nitrogens is 2. The van der Waals surface area contributed by atoms with Gasteiger partial charge in [-0.25, -0.2) is 0 Å². The van der Waals surface area contributed by atoms with Crippen molar-refractivity contribution in [2.24, 2.45) is 0 Å². The van der Waals surface area contributed by atoms with Gasteiger partial charge in [-0.15, -0.1) is 0 Å². The SMILES string of the molecule is O=C(O)CCc1cnn(C2COC2)c1. The lowest BCUT2D eigenvalue weighted by molar-refractivity contribution is -0.136. The van der Waals surface area contributed by atoms with Gasteiger partial charge in [0.25, 0.3) is 0 Å². The van der Waals surface area contributed by atoms with E-state index >= 15 is 0 Å². The van der Waals surface area contributed by atoms with Gasteiger partial charge in [0, 0.05) is 12.6 Å². The second-order valence-corrected chi connectivity index (χ2v) is 3.41. The third-order valence-electron chi connectivity index (χ3n) is 2.28. The lowest BCUT2D eigenvalue weighted by atomic mass is 10.2. The Morgan fingerprint density at radius 3 is 3.07 bits per heavy atom. The first-order valence-electron chi connectivity index (χ1n) is 4.58. The number of aryl methyl sites for hydroxylation is 1. The summed E-state index contributed by atoms with van der Waals surface area (Å²) in [5, 5.41) is 12.7. The van der Waals surface area contributed by atoms with Crippen LogP contribution in [0.2, 0.25) is 0 Å². The molecule has 0 saturated carbocycles. The highest BCUT2D eigenvalue weighted by molar-refractivity contribution is 5.67. The normalized spacial score (nSPS) is 16.6. The second kappa shape index (κ2) is 3.79. The summed E-state index contributed by atoms with van der Waals surface area (Å²) in [7, 11) is 0. The van der Waals surface area contributed by atoms with Crippen LogP contribution in [-0.2, 0) is 16.0 Å². The van der Waals surface area contributed by atoms with Crippen molar-refractivity contribution in [1.29, 1.82) is 0 Å². The Morgan fingerprint density at radius 1 is 1.71 bits per heavy atom. The number of carboxylic acids is 1. The monoisotopic (exact) mass is 196 g/mol. The Balaban J connectivity index is 1.92. The predicted octanol–water partition coefficient (Wildman–Crippen LogP) is 0.472. The summed E-state index contributed by atoms with van der Waals surface area (Å²) in [5.74, 6) is -0.773. The molecule has 1 N–H and O–H groups in total. The van der Waals surface area contributed by atoms with E-state index in [1.807, 2.05) is 10.9 Å². The number of hydrogen-bond donors (Lipinski definition) is 1. The molecular formula is C9H12N2O3. The van der Waals surface area contributed by atoms with Gasteiger partial charge in [-0.2, -0.15) is 5.10 Å².